The molecule has 1 atom stereocenters. The monoisotopic (exact) mass is 407 g/mol. The minimum atomic E-state index is -0.367. The molecule has 29 heavy (non-hydrogen) atoms. The summed E-state index contributed by atoms with van der Waals surface area (Å²) in [4.78, 5) is 24.9. The van der Waals surface area contributed by atoms with Crippen molar-refractivity contribution >= 4 is 23.4 Å². The number of hydrogen-bond acceptors (Lipinski definition) is 4. The Balaban J connectivity index is 1.78. The molecule has 1 heterocycles. The lowest BCUT2D eigenvalue weighted by Gasteiger charge is -2.14. The summed E-state index contributed by atoms with van der Waals surface area (Å²) in [6.45, 7) is 9.85. The average molecular weight is 408 g/mol. The van der Waals surface area contributed by atoms with Crippen LogP contribution in [-0.2, 0) is 4.79 Å². The molecule has 0 bridgehead atoms. The zero-order valence-electron chi connectivity index (χ0n) is 17.3. The number of hydrogen-bond donors (Lipinski definition) is 1. The summed E-state index contributed by atoms with van der Waals surface area (Å²) in [5.74, 6) is -0.104. The van der Waals surface area contributed by atoms with Crippen molar-refractivity contribution < 1.29 is 4.79 Å². The predicted molar refractivity (Wildman–Crippen MR) is 119 cm³/mol. The van der Waals surface area contributed by atoms with Crippen LogP contribution < -0.4 is 10.9 Å². The lowest BCUT2D eigenvalue weighted by Crippen LogP contribution is -2.24. The molecule has 1 aromatic heterocycles. The van der Waals surface area contributed by atoms with Crippen LogP contribution in [0.15, 0.2) is 58.4 Å². The van der Waals surface area contributed by atoms with Gasteiger partial charge in [-0.1, -0.05) is 35.5 Å². The number of carbonyl (C=O) groups excluding carboxylic acids is 1. The quantitative estimate of drug-likeness (QED) is 0.629. The largest absolute Gasteiger partial charge is 0.325 e. The molecule has 0 aliphatic heterocycles. The predicted octanol–water partition coefficient (Wildman–Crippen LogP) is 4.59. The maximum atomic E-state index is 12.6. The molecular weight excluding hydrogens is 382 g/mol. The van der Waals surface area contributed by atoms with Gasteiger partial charge in [0.2, 0.25) is 5.91 Å². The first-order valence-corrected chi connectivity index (χ1v) is 10.4. The Bertz CT molecular complexity index is 1120. The third-order valence-corrected chi connectivity index (χ3v) is 5.84. The van der Waals surface area contributed by atoms with Gasteiger partial charge in [-0.05, 0) is 75.6 Å². The fraction of sp³-hybridized carbons (Fsp3) is 0.261. The van der Waals surface area contributed by atoms with Crippen LogP contribution in [0.4, 0.5) is 5.69 Å². The number of carbonyl (C=O) groups is 1. The van der Waals surface area contributed by atoms with Crippen LogP contribution in [0.2, 0.25) is 0 Å². The topological polar surface area (TPSA) is 64.0 Å². The van der Waals surface area contributed by atoms with Gasteiger partial charge in [-0.25, -0.2) is 0 Å². The zero-order chi connectivity index (χ0) is 21.1. The van der Waals surface area contributed by atoms with Crippen LogP contribution in [0.3, 0.4) is 0 Å². The summed E-state index contributed by atoms with van der Waals surface area (Å²) >= 11 is 1.32. The van der Waals surface area contributed by atoms with Gasteiger partial charge in [0.1, 0.15) is 5.03 Å². The van der Waals surface area contributed by atoms with Gasteiger partial charge in [-0.2, -0.15) is 9.78 Å². The average Bonchev–Trinajstić information content (AvgIpc) is 2.67. The second-order valence-corrected chi connectivity index (χ2v) is 8.62. The molecule has 150 valence electrons. The lowest BCUT2D eigenvalue weighted by atomic mass is 10.1. The SMILES string of the molecule is Cc1ccc(NC(=O)[C@H](C)Sc2ccc(=O)n(-c3ccc(C)c(C)c3)n2)c(C)c1. The van der Waals surface area contributed by atoms with Crippen LogP contribution in [0.1, 0.15) is 29.2 Å². The highest BCUT2D eigenvalue weighted by Gasteiger charge is 2.17. The van der Waals surface area contributed by atoms with Crippen molar-refractivity contribution in [1.82, 2.24) is 9.78 Å². The van der Waals surface area contributed by atoms with Crippen molar-refractivity contribution in [3.63, 3.8) is 0 Å². The van der Waals surface area contributed by atoms with E-state index in [0.717, 1.165) is 27.9 Å². The first kappa shape index (κ1) is 20.9. The molecular formula is C23H25N3O2S. The van der Waals surface area contributed by atoms with Crippen molar-refractivity contribution in [2.75, 3.05) is 5.32 Å². The maximum Gasteiger partial charge on any atom is 0.271 e. The fourth-order valence-electron chi connectivity index (χ4n) is 2.92. The third-order valence-electron chi connectivity index (χ3n) is 4.82. The van der Waals surface area contributed by atoms with Gasteiger partial charge in [0, 0.05) is 11.8 Å². The van der Waals surface area contributed by atoms with Crippen LogP contribution in [0.5, 0.6) is 0 Å². The van der Waals surface area contributed by atoms with Gasteiger partial charge >= 0.3 is 0 Å². The van der Waals surface area contributed by atoms with Crippen molar-refractivity contribution in [3.05, 3.63) is 81.1 Å². The van der Waals surface area contributed by atoms with E-state index in [1.54, 1.807) is 6.07 Å². The molecule has 5 nitrogen and oxygen atoms in total. The van der Waals surface area contributed by atoms with E-state index in [1.807, 2.05) is 71.0 Å². The van der Waals surface area contributed by atoms with Gasteiger partial charge in [0.25, 0.3) is 5.56 Å². The molecule has 0 unspecified atom stereocenters. The van der Waals surface area contributed by atoms with E-state index in [-0.39, 0.29) is 16.7 Å². The summed E-state index contributed by atoms with van der Waals surface area (Å²) in [6.07, 6.45) is 0. The number of nitrogens with zero attached hydrogens (tertiary/aromatic N) is 2. The molecule has 0 aliphatic rings. The summed E-state index contributed by atoms with van der Waals surface area (Å²) in [5, 5.41) is 7.68. The van der Waals surface area contributed by atoms with Crippen LogP contribution in [0.25, 0.3) is 5.69 Å². The smallest absolute Gasteiger partial charge is 0.271 e. The van der Waals surface area contributed by atoms with Crippen molar-refractivity contribution in [3.8, 4) is 5.69 Å². The molecule has 0 saturated carbocycles. The summed E-state index contributed by atoms with van der Waals surface area (Å²) < 4.78 is 1.38. The molecule has 1 N–H and O–H groups in total. The molecule has 6 heteroatoms. The van der Waals surface area contributed by atoms with Crippen LogP contribution in [0, 0.1) is 27.7 Å². The second-order valence-electron chi connectivity index (χ2n) is 7.26. The van der Waals surface area contributed by atoms with E-state index in [4.69, 9.17) is 0 Å². The van der Waals surface area contributed by atoms with Gasteiger partial charge < -0.3 is 5.32 Å². The van der Waals surface area contributed by atoms with E-state index in [1.165, 1.54) is 22.5 Å². The standard InChI is InChI=1S/C23H25N3O2S/c1-14-6-9-20(17(4)12-14)24-23(28)18(5)29-21-10-11-22(27)26(25-21)19-8-7-15(2)16(3)13-19/h6-13,18H,1-5H3,(H,24,28)/t18-/m0/s1. The van der Waals surface area contributed by atoms with Crippen molar-refractivity contribution in [2.45, 2.75) is 44.9 Å². The molecule has 0 saturated heterocycles. The number of aromatic nitrogens is 2. The number of benzene rings is 2. The van der Waals surface area contributed by atoms with E-state index in [2.05, 4.69) is 10.4 Å². The number of aryl methyl sites for hydroxylation is 4. The minimum Gasteiger partial charge on any atom is -0.325 e. The van der Waals surface area contributed by atoms with Crippen molar-refractivity contribution in [1.29, 1.82) is 0 Å². The van der Waals surface area contributed by atoms with Crippen LogP contribution >= 0.6 is 11.8 Å². The highest BCUT2D eigenvalue weighted by atomic mass is 32.2. The number of thioether (sulfide) groups is 1. The number of amides is 1. The molecule has 3 rings (SSSR count). The highest BCUT2D eigenvalue weighted by Crippen LogP contribution is 2.23. The molecule has 1 amide bonds. The fourth-order valence-corrected chi connectivity index (χ4v) is 3.73. The van der Waals surface area contributed by atoms with E-state index < -0.39 is 0 Å². The third kappa shape index (κ3) is 4.95. The molecule has 0 radical (unpaired) electrons. The summed E-state index contributed by atoms with van der Waals surface area (Å²) in [7, 11) is 0. The summed E-state index contributed by atoms with van der Waals surface area (Å²) in [6, 6.07) is 14.9. The Hall–Kier alpha value is -2.86. The normalized spacial score (nSPS) is 11.9. The molecule has 0 aliphatic carbocycles. The first-order chi connectivity index (χ1) is 13.7. The number of rotatable bonds is 5. The van der Waals surface area contributed by atoms with Gasteiger partial charge in [0.15, 0.2) is 0 Å². The number of nitrogens with one attached hydrogen (secondary N) is 1. The Morgan fingerprint density at radius 3 is 2.41 bits per heavy atom. The van der Waals surface area contributed by atoms with Crippen LogP contribution in [-0.4, -0.2) is 20.9 Å². The molecule has 0 spiro atoms. The Labute approximate surface area is 175 Å². The van der Waals surface area contributed by atoms with Crippen molar-refractivity contribution in [2.24, 2.45) is 0 Å². The van der Waals surface area contributed by atoms with Gasteiger partial charge in [0.05, 0.1) is 10.9 Å². The maximum absolute atomic E-state index is 12.6. The Morgan fingerprint density at radius 2 is 1.72 bits per heavy atom. The Kier molecular flexibility index (Phi) is 6.23. The minimum absolute atomic E-state index is 0.104. The Morgan fingerprint density at radius 1 is 0.966 bits per heavy atom. The second kappa shape index (κ2) is 8.66. The lowest BCUT2D eigenvalue weighted by molar-refractivity contribution is -0.115. The van der Waals surface area contributed by atoms with Gasteiger partial charge in [-0.15, -0.1) is 0 Å². The zero-order valence-corrected chi connectivity index (χ0v) is 18.1. The van der Waals surface area contributed by atoms with Gasteiger partial charge in [-0.3, -0.25) is 9.59 Å². The first-order valence-electron chi connectivity index (χ1n) is 9.47. The molecule has 2 aromatic carbocycles. The molecule has 0 fully saturated rings. The summed E-state index contributed by atoms with van der Waals surface area (Å²) in [5.41, 5.74) is 5.75. The van der Waals surface area contributed by atoms with E-state index in [9.17, 15) is 9.59 Å². The number of anilines is 1. The van der Waals surface area contributed by atoms with E-state index >= 15 is 0 Å². The van der Waals surface area contributed by atoms with E-state index in [0.29, 0.717) is 10.7 Å². The highest BCUT2D eigenvalue weighted by molar-refractivity contribution is 8.00. The molecule has 3 aromatic rings.